The molecule has 0 bridgehead atoms. The molecule has 1 aromatic heterocycles. The molecule has 0 amide bonds. The van der Waals surface area contributed by atoms with Gasteiger partial charge in [0, 0.05) is 37.9 Å². The summed E-state index contributed by atoms with van der Waals surface area (Å²) < 4.78 is 0. The van der Waals surface area contributed by atoms with Crippen molar-refractivity contribution < 1.29 is 0 Å². The van der Waals surface area contributed by atoms with E-state index in [2.05, 4.69) is 76.6 Å². The second-order valence-electron chi connectivity index (χ2n) is 7.14. The second-order valence-corrected chi connectivity index (χ2v) is 7.14. The molecule has 1 aliphatic heterocycles. The summed E-state index contributed by atoms with van der Waals surface area (Å²) in [4.78, 5) is 6.65. The van der Waals surface area contributed by atoms with E-state index in [1.54, 1.807) is 0 Å². The molecule has 0 unspecified atom stereocenters. The van der Waals surface area contributed by atoms with Gasteiger partial charge in [-0.05, 0) is 52.9 Å². The van der Waals surface area contributed by atoms with E-state index in [0.717, 1.165) is 26.2 Å². The van der Waals surface area contributed by atoms with Crippen LogP contribution in [0, 0.1) is 5.92 Å². The summed E-state index contributed by atoms with van der Waals surface area (Å²) in [5, 5.41) is 0. The summed E-state index contributed by atoms with van der Waals surface area (Å²) in [6.45, 7) is 3.85. The standard InChI is InChI=1S/C23H25N3/c24-14-22-16-26(17-23(22)20-6-2-1-3-7-20)15-18-5-4-8-21(13-18)19-9-11-25-12-10-19/h1-13,22-23H,14-17,24H2/t22-,23+/m1/s1. The number of pyridine rings is 1. The highest BCUT2D eigenvalue weighted by molar-refractivity contribution is 5.63. The molecular weight excluding hydrogens is 318 g/mol. The second kappa shape index (κ2) is 7.81. The maximum absolute atomic E-state index is 6.08. The van der Waals surface area contributed by atoms with Crippen LogP contribution in [0.2, 0.25) is 0 Å². The van der Waals surface area contributed by atoms with Gasteiger partial charge in [0.25, 0.3) is 0 Å². The molecule has 4 rings (SSSR count). The first-order chi connectivity index (χ1) is 12.8. The summed E-state index contributed by atoms with van der Waals surface area (Å²) in [5.74, 6) is 1.06. The van der Waals surface area contributed by atoms with Gasteiger partial charge in [0.1, 0.15) is 0 Å². The Balaban J connectivity index is 1.50. The van der Waals surface area contributed by atoms with Gasteiger partial charge in [0.2, 0.25) is 0 Å². The van der Waals surface area contributed by atoms with E-state index in [4.69, 9.17) is 5.73 Å². The molecular formula is C23H25N3. The number of hydrogen-bond donors (Lipinski definition) is 1. The Morgan fingerprint density at radius 3 is 2.46 bits per heavy atom. The summed E-state index contributed by atoms with van der Waals surface area (Å²) in [5.41, 5.74) is 11.3. The Morgan fingerprint density at radius 2 is 1.69 bits per heavy atom. The van der Waals surface area contributed by atoms with Crippen LogP contribution in [0.3, 0.4) is 0 Å². The molecule has 26 heavy (non-hydrogen) atoms. The topological polar surface area (TPSA) is 42.1 Å². The third kappa shape index (κ3) is 3.69. The van der Waals surface area contributed by atoms with Gasteiger partial charge in [-0.1, -0.05) is 48.5 Å². The third-order valence-corrected chi connectivity index (χ3v) is 5.39. The van der Waals surface area contributed by atoms with E-state index in [0.29, 0.717) is 11.8 Å². The van der Waals surface area contributed by atoms with Gasteiger partial charge in [-0.3, -0.25) is 9.88 Å². The lowest BCUT2D eigenvalue weighted by atomic mass is 9.89. The average molecular weight is 343 g/mol. The van der Waals surface area contributed by atoms with Gasteiger partial charge < -0.3 is 5.73 Å². The lowest BCUT2D eigenvalue weighted by Gasteiger charge is -2.17. The van der Waals surface area contributed by atoms with E-state index >= 15 is 0 Å². The number of hydrogen-bond acceptors (Lipinski definition) is 3. The van der Waals surface area contributed by atoms with E-state index in [9.17, 15) is 0 Å². The minimum absolute atomic E-state index is 0.529. The van der Waals surface area contributed by atoms with Crippen molar-refractivity contribution in [2.24, 2.45) is 11.7 Å². The van der Waals surface area contributed by atoms with Crippen LogP contribution in [-0.4, -0.2) is 29.5 Å². The van der Waals surface area contributed by atoms with Crippen molar-refractivity contribution in [1.82, 2.24) is 9.88 Å². The van der Waals surface area contributed by atoms with Crippen molar-refractivity contribution in [3.05, 3.63) is 90.3 Å². The molecule has 1 aliphatic rings. The normalized spacial score (nSPS) is 20.3. The van der Waals surface area contributed by atoms with Crippen LogP contribution < -0.4 is 5.73 Å². The molecule has 0 saturated carbocycles. The Kier molecular flexibility index (Phi) is 5.09. The maximum atomic E-state index is 6.08. The number of benzene rings is 2. The summed E-state index contributed by atoms with van der Waals surface area (Å²) in [6.07, 6.45) is 3.69. The number of aromatic nitrogens is 1. The number of nitrogens with two attached hydrogens (primary N) is 1. The lowest BCUT2D eigenvalue weighted by molar-refractivity contribution is 0.317. The van der Waals surface area contributed by atoms with Crippen LogP contribution in [-0.2, 0) is 6.54 Å². The minimum Gasteiger partial charge on any atom is -0.330 e. The molecule has 2 aromatic carbocycles. The van der Waals surface area contributed by atoms with Crippen LogP contribution in [0.5, 0.6) is 0 Å². The predicted molar refractivity (Wildman–Crippen MR) is 107 cm³/mol. The zero-order valence-electron chi connectivity index (χ0n) is 15.0. The third-order valence-electron chi connectivity index (χ3n) is 5.39. The highest BCUT2D eigenvalue weighted by Gasteiger charge is 2.32. The van der Waals surface area contributed by atoms with Gasteiger partial charge in [-0.2, -0.15) is 0 Å². The van der Waals surface area contributed by atoms with Crippen LogP contribution >= 0.6 is 0 Å². The summed E-state index contributed by atoms with van der Waals surface area (Å²) in [6, 6.07) is 23.8. The highest BCUT2D eigenvalue weighted by atomic mass is 15.2. The smallest absolute Gasteiger partial charge is 0.0273 e. The van der Waals surface area contributed by atoms with Crippen molar-refractivity contribution in [1.29, 1.82) is 0 Å². The number of rotatable bonds is 5. The molecule has 132 valence electrons. The van der Waals surface area contributed by atoms with Crippen molar-refractivity contribution in [3.63, 3.8) is 0 Å². The fourth-order valence-electron chi connectivity index (χ4n) is 4.06. The molecule has 2 N–H and O–H groups in total. The molecule has 0 aliphatic carbocycles. The molecule has 2 heterocycles. The van der Waals surface area contributed by atoms with E-state index < -0.39 is 0 Å². The average Bonchev–Trinajstić information content (AvgIpc) is 3.12. The molecule has 1 fully saturated rings. The molecule has 3 heteroatoms. The Labute approximate surface area is 155 Å². The van der Waals surface area contributed by atoms with Crippen molar-refractivity contribution in [2.75, 3.05) is 19.6 Å². The SMILES string of the molecule is NC[C@@H]1CN(Cc2cccc(-c3ccncc3)c2)C[C@H]1c1ccccc1. The Bertz CT molecular complexity index is 832. The van der Waals surface area contributed by atoms with Crippen molar-refractivity contribution in [3.8, 4) is 11.1 Å². The zero-order valence-corrected chi connectivity index (χ0v) is 15.0. The van der Waals surface area contributed by atoms with Gasteiger partial charge in [0.05, 0.1) is 0 Å². The monoisotopic (exact) mass is 343 g/mol. The van der Waals surface area contributed by atoms with E-state index in [1.807, 2.05) is 12.4 Å². The first-order valence-corrected chi connectivity index (χ1v) is 9.30. The highest BCUT2D eigenvalue weighted by Crippen LogP contribution is 2.33. The van der Waals surface area contributed by atoms with Crippen molar-refractivity contribution in [2.45, 2.75) is 12.5 Å². The van der Waals surface area contributed by atoms with Gasteiger partial charge >= 0.3 is 0 Å². The van der Waals surface area contributed by atoms with Crippen LogP contribution in [0.1, 0.15) is 17.0 Å². The van der Waals surface area contributed by atoms with Crippen LogP contribution in [0.25, 0.3) is 11.1 Å². The minimum atomic E-state index is 0.529. The number of likely N-dealkylation sites (tertiary alicyclic amines) is 1. The molecule has 3 nitrogen and oxygen atoms in total. The Hall–Kier alpha value is -2.49. The van der Waals surface area contributed by atoms with Gasteiger partial charge in [-0.25, -0.2) is 0 Å². The number of nitrogens with zero attached hydrogens (tertiary/aromatic N) is 2. The first-order valence-electron chi connectivity index (χ1n) is 9.30. The summed E-state index contributed by atoms with van der Waals surface area (Å²) in [7, 11) is 0. The maximum Gasteiger partial charge on any atom is 0.0273 e. The summed E-state index contributed by atoms with van der Waals surface area (Å²) >= 11 is 0. The molecule has 0 spiro atoms. The predicted octanol–water partition coefficient (Wildman–Crippen LogP) is 3.92. The largest absolute Gasteiger partial charge is 0.330 e. The fraction of sp³-hybridized carbons (Fsp3) is 0.261. The first kappa shape index (κ1) is 17.0. The van der Waals surface area contributed by atoms with Crippen LogP contribution in [0.4, 0.5) is 0 Å². The molecule has 0 radical (unpaired) electrons. The zero-order chi connectivity index (χ0) is 17.8. The van der Waals surface area contributed by atoms with E-state index in [1.165, 1.54) is 22.3 Å². The van der Waals surface area contributed by atoms with Gasteiger partial charge in [0.15, 0.2) is 0 Å². The van der Waals surface area contributed by atoms with Crippen molar-refractivity contribution >= 4 is 0 Å². The van der Waals surface area contributed by atoms with Crippen LogP contribution in [0.15, 0.2) is 79.1 Å². The molecule has 1 saturated heterocycles. The van der Waals surface area contributed by atoms with Gasteiger partial charge in [-0.15, -0.1) is 0 Å². The fourth-order valence-corrected chi connectivity index (χ4v) is 4.06. The molecule has 2 atom stereocenters. The Morgan fingerprint density at radius 1 is 0.885 bits per heavy atom. The lowest BCUT2D eigenvalue weighted by Crippen LogP contribution is -2.23. The molecule has 3 aromatic rings. The van der Waals surface area contributed by atoms with E-state index in [-0.39, 0.29) is 0 Å². The quantitative estimate of drug-likeness (QED) is 0.763.